The largest absolute Gasteiger partial charge is 0.353 e. The van der Waals surface area contributed by atoms with E-state index in [0.717, 1.165) is 37.3 Å². The molecule has 1 amide bonds. The second-order valence-electron chi connectivity index (χ2n) is 6.49. The van der Waals surface area contributed by atoms with Gasteiger partial charge in [-0.25, -0.2) is 8.42 Å². The van der Waals surface area contributed by atoms with Crippen molar-refractivity contribution in [2.24, 2.45) is 0 Å². The zero-order valence-electron chi connectivity index (χ0n) is 14.3. The summed E-state index contributed by atoms with van der Waals surface area (Å²) in [6, 6.07) is 9.35. The summed E-state index contributed by atoms with van der Waals surface area (Å²) in [5, 5.41) is 3.86. The van der Waals surface area contributed by atoms with E-state index in [1.165, 1.54) is 4.31 Å². The number of anilines is 1. The van der Waals surface area contributed by atoms with Crippen LogP contribution in [-0.2, 0) is 14.8 Å². The third-order valence-electron chi connectivity index (χ3n) is 4.54. The van der Waals surface area contributed by atoms with Gasteiger partial charge < -0.3 is 5.32 Å². The number of nitrogens with zero attached hydrogens (tertiary/aromatic N) is 2. The maximum absolute atomic E-state index is 12.3. The van der Waals surface area contributed by atoms with E-state index in [1.807, 2.05) is 18.2 Å². The average Bonchev–Trinajstić information content (AvgIpc) is 3.07. The first-order valence-electron chi connectivity index (χ1n) is 8.56. The maximum Gasteiger partial charge on any atom is 0.232 e. The Morgan fingerprint density at radius 2 is 1.96 bits per heavy atom. The lowest BCUT2D eigenvalue weighted by molar-refractivity contribution is -0.121. The summed E-state index contributed by atoms with van der Waals surface area (Å²) in [5.41, 5.74) is 1.13. The zero-order valence-corrected chi connectivity index (χ0v) is 15.1. The van der Waals surface area contributed by atoms with Gasteiger partial charge in [0.1, 0.15) is 0 Å². The third kappa shape index (κ3) is 4.28. The molecule has 134 valence electrons. The summed E-state index contributed by atoms with van der Waals surface area (Å²) in [7, 11) is -3.52. The van der Waals surface area contributed by atoms with Crippen LogP contribution in [0.3, 0.4) is 0 Å². The quantitative estimate of drug-likeness (QED) is 0.857. The van der Waals surface area contributed by atoms with Crippen molar-refractivity contribution >= 4 is 32.5 Å². The van der Waals surface area contributed by atoms with E-state index in [0.29, 0.717) is 11.2 Å². The number of aromatic nitrogens is 1. The van der Waals surface area contributed by atoms with Crippen LogP contribution < -0.4 is 9.62 Å². The van der Waals surface area contributed by atoms with E-state index in [4.69, 9.17) is 0 Å². The van der Waals surface area contributed by atoms with Crippen LogP contribution in [0.1, 0.15) is 32.1 Å². The number of hydrogen-bond donors (Lipinski definition) is 1. The number of carbonyl (C=O) groups is 1. The molecule has 0 spiro atoms. The van der Waals surface area contributed by atoms with Crippen LogP contribution in [0, 0.1) is 0 Å². The van der Waals surface area contributed by atoms with Crippen LogP contribution in [0.4, 0.5) is 5.69 Å². The molecule has 0 unspecified atom stereocenters. The van der Waals surface area contributed by atoms with Gasteiger partial charge in [0.15, 0.2) is 0 Å². The fraction of sp³-hybridized carbons (Fsp3) is 0.444. The molecule has 0 radical (unpaired) electrons. The first kappa shape index (κ1) is 17.7. The molecule has 0 bridgehead atoms. The first-order valence-corrected chi connectivity index (χ1v) is 10.4. The SMILES string of the molecule is CS(=O)(=O)N(CCC(=O)NC1CCCC1)c1cccc2cccnc12. The van der Waals surface area contributed by atoms with E-state index in [2.05, 4.69) is 10.3 Å². The molecule has 25 heavy (non-hydrogen) atoms. The van der Waals surface area contributed by atoms with Crippen molar-refractivity contribution in [2.45, 2.75) is 38.1 Å². The Bertz CT molecular complexity index is 856. The van der Waals surface area contributed by atoms with Gasteiger partial charge in [-0.15, -0.1) is 0 Å². The Morgan fingerprint density at radius 3 is 2.68 bits per heavy atom. The topological polar surface area (TPSA) is 79.4 Å². The van der Waals surface area contributed by atoms with Crippen molar-refractivity contribution in [3.05, 3.63) is 36.5 Å². The van der Waals surface area contributed by atoms with Crippen molar-refractivity contribution < 1.29 is 13.2 Å². The van der Waals surface area contributed by atoms with Crippen LogP contribution in [0.2, 0.25) is 0 Å². The normalized spacial score (nSPS) is 15.4. The highest BCUT2D eigenvalue weighted by molar-refractivity contribution is 7.92. The molecule has 1 aliphatic carbocycles. The predicted molar refractivity (Wildman–Crippen MR) is 98.9 cm³/mol. The van der Waals surface area contributed by atoms with Crippen LogP contribution in [0.25, 0.3) is 10.9 Å². The van der Waals surface area contributed by atoms with E-state index in [1.54, 1.807) is 18.3 Å². The molecule has 1 aromatic carbocycles. The highest BCUT2D eigenvalue weighted by Gasteiger charge is 2.22. The van der Waals surface area contributed by atoms with E-state index in [9.17, 15) is 13.2 Å². The number of para-hydroxylation sites is 1. The number of amides is 1. The molecule has 7 heteroatoms. The molecule has 1 fully saturated rings. The highest BCUT2D eigenvalue weighted by atomic mass is 32.2. The number of pyridine rings is 1. The minimum atomic E-state index is -3.52. The first-order chi connectivity index (χ1) is 11.9. The van der Waals surface area contributed by atoms with Gasteiger partial charge in [0.05, 0.1) is 17.5 Å². The summed E-state index contributed by atoms with van der Waals surface area (Å²) in [6.07, 6.45) is 7.23. The number of hydrogen-bond acceptors (Lipinski definition) is 4. The summed E-state index contributed by atoms with van der Waals surface area (Å²) < 4.78 is 25.9. The third-order valence-corrected chi connectivity index (χ3v) is 5.72. The molecule has 0 atom stereocenters. The van der Waals surface area contributed by atoms with Crippen LogP contribution in [0.5, 0.6) is 0 Å². The Balaban J connectivity index is 1.79. The fourth-order valence-electron chi connectivity index (χ4n) is 3.33. The number of rotatable bonds is 6. The highest BCUT2D eigenvalue weighted by Crippen LogP contribution is 2.27. The molecule has 0 saturated heterocycles. The van der Waals surface area contributed by atoms with E-state index < -0.39 is 10.0 Å². The smallest absolute Gasteiger partial charge is 0.232 e. The molecular weight excluding hydrogens is 338 g/mol. The lowest BCUT2D eigenvalue weighted by Crippen LogP contribution is -2.37. The standard InChI is InChI=1S/C18H23N3O3S/c1-25(23,24)21(13-11-17(22)20-15-8-2-3-9-15)16-10-4-6-14-7-5-12-19-18(14)16/h4-7,10,12,15H,2-3,8-9,11,13H2,1H3,(H,20,22). The monoisotopic (exact) mass is 361 g/mol. The Morgan fingerprint density at radius 1 is 1.24 bits per heavy atom. The van der Waals surface area contributed by atoms with Gasteiger partial charge in [-0.2, -0.15) is 0 Å². The minimum absolute atomic E-state index is 0.103. The fourth-order valence-corrected chi connectivity index (χ4v) is 4.25. The summed E-state index contributed by atoms with van der Waals surface area (Å²) in [6.45, 7) is 0.104. The number of carbonyl (C=O) groups excluding carboxylic acids is 1. The lowest BCUT2D eigenvalue weighted by atomic mass is 10.2. The van der Waals surface area contributed by atoms with Gasteiger partial charge >= 0.3 is 0 Å². The van der Waals surface area contributed by atoms with Crippen molar-refractivity contribution in [1.82, 2.24) is 10.3 Å². The molecule has 1 heterocycles. The van der Waals surface area contributed by atoms with E-state index in [-0.39, 0.29) is 24.9 Å². The molecular formula is C18H23N3O3S. The van der Waals surface area contributed by atoms with Crippen molar-refractivity contribution in [3.63, 3.8) is 0 Å². The number of benzene rings is 1. The Kier molecular flexibility index (Phi) is 5.22. The molecule has 1 saturated carbocycles. The van der Waals surface area contributed by atoms with Crippen LogP contribution in [-0.4, -0.2) is 38.2 Å². The Hall–Kier alpha value is -2.15. The van der Waals surface area contributed by atoms with Crippen molar-refractivity contribution in [1.29, 1.82) is 0 Å². The number of sulfonamides is 1. The van der Waals surface area contributed by atoms with Gasteiger partial charge in [0.2, 0.25) is 15.9 Å². The molecule has 6 nitrogen and oxygen atoms in total. The van der Waals surface area contributed by atoms with Gasteiger partial charge in [-0.05, 0) is 25.0 Å². The second-order valence-corrected chi connectivity index (χ2v) is 8.39. The second kappa shape index (κ2) is 7.39. The molecule has 1 N–H and O–H groups in total. The molecule has 0 aliphatic heterocycles. The van der Waals surface area contributed by atoms with Crippen molar-refractivity contribution in [3.8, 4) is 0 Å². The molecule has 1 aromatic heterocycles. The lowest BCUT2D eigenvalue weighted by Gasteiger charge is -2.23. The minimum Gasteiger partial charge on any atom is -0.353 e. The molecule has 1 aliphatic rings. The van der Waals surface area contributed by atoms with Gasteiger partial charge in [0.25, 0.3) is 0 Å². The molecule has 2 aromatic rings. The molecule has 3 rings (SSSR count). The zero-order chi connectivity index (χ0) is 17.9. The summed E-state index contributed by atoms with van der Waals surface area (Å²) in [5.74, 6) is -0.103. The van der Waals surface area contributed by atoms with Crippen molar-refractivity contribution in [2.75, 3.05) is 17.1 Å². The predicted octanol–water partition coefficient (Wildman–Crippen LogP) is 2.45. The van der Waals surface area contributed by atoms with Gasteiger partial charge in [-0.3, -0.25) is 14.1 Å². The average molecular weight is 361 g/mol. The van der Waals surface area contributed by atoms with Gasteiger partial charge in [0, 0.05) is 30.6 Å². The summed E-state index contributed by atoms with van der Waals surface area (Å²) >= 11 is 0. The van der Waals surface area contributed by atoms with E-state index >= 15 is 0 Å². The maximum atomic E-state index is 12.3. The van der Waals surface area contributed by atoms with Gasteiger partial charge in [-0.1, -0.05) is 31.0 Å². The number of nitrogens with one attached hydrogen (secondary N) is 1. The van der Waals surface area contributed by atoms with Crippen LogP contribution >= 0.6 is 0 Å². The summed E-state index contributed by atoms with van der Waals surface area (Å²) in [4.78, 5) is 16.5. The Labute approximate surface area is 148 Å². The van der Waals surface area contributed by atoms with Crippen LogP contribution in [0.15, 0.2) is 36.5 Å². The number of fused-ring (bicyclic) bond motifs is 1.